The van der Waals surface area contributed by atoms with E-state index in [0.29, 0.717) is 6.42 Å². The van der Waals surface area contributed by atoms with Crippen molar-refractivity contribution in [2.45, 2.75) is 57.5 Å². The summed E-state index contributed by atoms with van der Waals surface area (Å²) in [5.74, 6) is -4.70. The molecule has 0 bridgehead atoms. The van der Waals surface area contributed by atoms with Gasteiger partial charge in [0.25, 0.3) is 0 Å². The summed E-state index contributed by atoms with van der Waals surface area (Å²) in [4.78, 5) is 0. The van der Waals surface area contributed by atoms with Crippen molar-refractivity contribution in [3.05, 3.63) is 12.2 Å². The predicted molar refractivity (Wildman–Crippen MR) is 53.5 cm³/mol. The molecule has 0 aliphatic heterocycles. The zero-order chi connectivity index (χ0) is 12.7. The number of allylic oxidation sites excluding steroid dienone is 2. The smallest absolute Gasteiger partial charge is 0.192 e. The van der Waals surface area contributed by atoms with Gasteiger partial charge in [-0.1, -0.05) is 38.7 Å². The number of rotatable bonds is 7. The number of unbranched alkanes of at least 4 members (excludes halogenated alkanes) is 5. The minimum Gasteiger partial charge on any atom is -0.192 e. The number of hydrogen-bond acceptors (Lipinski definition) is 0. The molecule has 0 aliphatic carbocycles. The lowest BCUT2D eigenvalue weighted by Gasteiger charge is -2.15. The molecule has 0 spiro atoms. The topological polar surface area (TPSA) is 0 Å². The number of hydrogen-bond donors (Lipinski definition) is 0. The Morgan fingerprint density at radius 3 is 1.94 bits per heavy atom. The average Bonchev–Trinajstić information content (AvgIpc) is 2.14. The van der Waals surface area contributed by atoms with E-state index >= 15 is 0 Å². The molecule has 0 aromatic heterocycles. The van der Waals surface area contributed by atoms with Crippen molar-refractivity contribution in [1.29, 1.82) is 0 Å². The third-order valence-electron chi connectivity index (χ3n) is 2.18. The Morgan fingerprint density at radius 2 is 1.44 bits per heavy atom. The molecule has 0 amide bonds. The van der Waals surface area contributed by atoms with Gasteiger partial charge in [-0.05, 0) is 18.9 Å². The molecule has 0 radical (unpaired) electrons. The van der Waals surface area contributed by atoms with E-state index < -0.39 is 12.1 Å². The first-order valence-corrected chi connectivity index (χ1v) is 5.43. The summed E-state index contributed by atoms with van der Waals surface area (Å²) >= 11 is 0. The summed E-state index contributed by atoms with van der Waals surface area (Å²) in [6, 6.07) is 0. The molecule has 0 nitrogen and oxygen atoms in total. The SMILES string of the molecule is CCCCCCCC=CC(F)(F)C(F)(F)F. The van der Waals surface area contributed by atoms with Crippen LogP contribution in [0.15, 0.2) is 12.2 Å². The maximum Gasteiger partial charge on any atom is 0.457 e. The zero-order valence-electron chi connectivity index (χ0n) is 9.29. The fraction of sp³-hybridized carbons (Fsp3) is 0.818. The van der Waals surface area contributed by atoms with Crippen LogP contribution in [0.1, 0.15) is 45.4 Å². The fourth-order valence-electron chi connectivity index (χ4n) is 1.19. The lowest BCUT2D eigenvalue weighted by molar-refractivity contribution is -0.259. The van der Waals surface area contributed by atoms with Crippen LogP contribution in [0, 0.1) is 0 Å². The van der Waals surface area contributed by atoms with Crippen molar-refractivity contribution in [2.24, 2.45) is 0 Å². The van der Waals surface area contributed by atoms with Crippen molar-refractivity contribution in [2.75, 3.05) is 0 Å². The van der Waals surface area contributed by atoms with Gasteiger partial charge < -0.3 is 0 Å². The molecule has 0 rings (SSSR count). The van der Waals surface area contributed by atoms with Gasteiger partial charge in [-0.25, -0.2) is 0 Å². The Kier molecular flexibility index (Phi) is 6.60. The third kappa shape index (κ3) is 6.08. The lowest BCUT2D eigenvalue weighted by atomic mass is 10.1. The Labute approximate surface area is 92.5 Å². The van der Waals surface area contributed by atoms with Crippen LogP contribution in [0.3, 0.4) is 0 Å². The van der Waals surface area contributed by atoms with E-state index in [1.54, 1.807) is 0 Å². The van der Waals surface area contributed by atoms with Crippen LogP contribution >= 0.6 is 0 Å². The van der Waals surface area contributed by atoms with E-state index in [1.807, 2.05) is 6.92 Å². The van der Waals surface area contributed by atoms with Crippen molar-refractivity contribution < 1.29 is 22.0 Å². The molecule has 5 heteroatoms. The largest absolute Gasteiger partial charge is 0.457 e. The summed E-state index contributed by atoms with van der Waals surface area (Å²) in [7, 11) is 0. The zero-order valence-corrected chi connectivity index (χ0v) is 9.29. The van der Waals surface area contributed by atoms with E-state index in [2.05, 4.69) is 0 Å². The van der Waals surface area contributed by atoms with Gasteiger partial charge in [-0.3, -0.25) is 0 Å². The van der Waals surface area contributed by atoms with Crippen molar-refractivity contribution in [3.8, 4) is 0 Å². The van der Waals surface area contributed by atoms with Crippen LogP contribution in [0.4, 0.5) is 22.0 Å². The van der Waals surface area contributed by atoms with Gasteiger partial charge in [-0.2, -0.15) is 22.0 Å². The first kappa shape index (κ1) is 15.4. The maximum absolute atomic E-state index is 12.3. The number of alkyl halides is 5. The molecule has 0 aromatic carbocycles. The highest BCUT2D eigenvalue weighted by Gasteiger charge is 2.55. The van der Waals surface area contributed by atoms with Crippen LogP contribution in [0.2, 0.25) is 0 Å². The predicted octanol–water partition coefficient (Wildman–Crippen LogP) is 5.10. The fourth-order valence-corrected chi connectivity index (χ4v) is 1.19. The van der Waals surface area contributed by atoms with Gasteiger partial charge in [0, 0.05) is 0 Å². The minimum absolute atomic E-state index is 0.0488. The summed E-state index contributed by atoms with van der Waals surface area (Å²) in [5, 5.41) is 0. The maximum atomic E-state index is 12.3. The standard InChI is InChI=1S/C11H17F5/c1-2-3-4-5-6-7-8-9-10(12,13)11(14,15)16/h8-9H,2-7H2,1H3. The Hall–Kier alpha value is -0.610. The molecule has 16 heavy (non-hydrogen) atoms. The van der Waals surface area contributed by atoms with Gasteiger partial charge in [0.15, 0.2) is 0 Å². The Balaban J connectivity index is 3.76. The van der Waals surface area contributed by atoms with E-state index in [4.69, 9.17) is 0 Å². The molecular formula is C11H17F5. The molecule has 0 atom stereocenters. The van der Waals surface area contributed by atoms with Crippen molar-refractivity contribution in [1.82, 2.24) is 0 Å². The van der Waals surface area contributed by atoms with Crippen LogP contribution in [-0.4, -0.2) is 12.1 Å². The first-order valence-electron chi connectivity index (χ1n) is 5.43. The minimum atomic E-state index is -5.48. The average molecular weight is 244 g/mol. The van der Waals surface area contributed by atoms with E-state index in [-0.39, 0.29) is 12.5 Å². The molecule has 0 saturated carbocycles. The van der Waals surface area contributed by atoms with Gasteiger partial charge in [0.1, 0.15) is 0 Å². The number of halogens is 5. The summed E-state index contributed by atoms with van der Waals surface area (Å²) in [6.07, 6.45) is 0.331. The van der Waals surface area contributed by atoms with Gasteiger partial charge in [0.05, 0.1) is 0 Å². The van der Waals surface area contributed by atoms with E-state index in [1.165, 1.54) is 0 Å². The highest BCUT2D eigenvalue weighted by Crippen LogP contribution is 2.36. The molecule has 96 valence electrons. The first-order chi connectivity index (χ1) is 7.31. The normalized spacial score (nSPS) is 13.6. The van der Waals surface area contributed by atoms with E-state index in [9.17, 15) is 22.0 Å². The molecule has 0 aromatic rings. The van der Waals surface area contributed by atoms with Gasteiger partial charge in [0.2, 0.25) is 0 Å². The van der Waals surface area contributed by atoms with Crippen molar-refractivity contribution in [3.63, 3.8) is 0 Å². The lowest BCUT2D eigenvalue weighted by Crippen LogP contribution is -2.33. The van der Waals surface area contributed by atoms with E-state index in [0.717, 1.165) is 31.8 Å². The summed E-state index contributed by atoms with van der Waals surface area (Å²) in [5.41, 5.74) is 0. The molecule has 0 unspecified atom stereocenters. The highest BCUT2D eigenvalue weighted by molar-refractivity contribution is 4.99. The molecule has 0 heterocycles. The quantitative estimate of drug-likeness (QED) is 0.332. The molecule has 0 fully saturated rings. The van der Waals surface area contributed by atoms with Crippen LogP contribution in [-0.2, 0) is 0 Å². The van der Waals surface area contributed by atoms with Crippen LogP contribution in [0.25, 0.3) is 0 Å². The monoisotopic (exact) mass is 244 g/mol. The van der Waals surface area contributed by atoms with Crippen LogP contribution < -0.4 is 0 Å². The second-order valence-corrected chi connectivity index (χ2v) is 3.73. The Bertz CT molecular complexity index is 205. The molecule has 0 aliphatic rings. The van der Waals surface area contributed by atoms with Crippen molar-refractivity contribution >= 4 is 0 Å². The van der Waals surface area contributed by atoms with Gasteiger partial charge >= 0.3 is 12.1 Å². The second-order valence-electron chi connectivity index (χ2n) is 3.73. The molecule has 0 N–H and O–H groups in total. The second kappa shape index (κ2) is 6.86. The van der Waals surface area contributed by atoms with Crippen LogP contribution in [0.5, 0.6) is 0 Å². The Morgan fingerprint density at radius 1 is 0.875 bits per heavy atom. The summed E-state index contributed by atoms with van der Waals surface area (Å²) in [6.45, 7) is 2.05. The molecule has 0 saturated heterocycles. The highest BCUT2D eigenvalue weighted by atomic mass is 19.4. The molecular weight excluding hydrogens is 227 g/mol. The summed E-state index contributed by atoms with van der Waals surface area (Å²) < 4.78 is 59.8. The third-order valence-corrected chi connectivity index (χ3v) is 2.18. The van der Waals surface area contributed by atoms with Gasteiger partial charge in [-0.15, -0.1) is 0 Å².